The van der Waals surface area contributed by atoms with Crippen molar-refractivity contribution in [1.82, 2.24) is 0 Å². The number of methoxy groups -OCH3 is 1. The average molecular weight is 284 g/mol. The molecule has 0 aliphatic heterocycles. The van der Waals surface area contributed by atoms with E-state index in [9.17, 15) is 10.2 Å². The Bertz CT molecular complexity index is 617. The van der Waals surface area contributed by atoms with Crippen LogP contribution in [0.25, 0.3) is 12.2 Å². The molecule has 0 aliphatic rings. The highest BCUT2D eigenvalue weighted by atomic mass is 16.5. The molecule has 110 valence electrons. The minimum Gasteiger partial charge on any atom is -0.507 e. The van der Waals surface area contributed by atoms with Gasteiger partial charge in [0.05, 0.1) is 7.11 Å². The molecule has 2 N–H and O–H groups in total. The number of benzene rings is 2. The summed E-state index contributed by atoms with van der Waals surface area (Å²) in [6.07, 6.45) is 3.77. The molecule has 0 saturated heterocycles. The van der Waals surface area contributed by atoms with Crippen molar-refractivity contribution in [3.05, 3.63) is 53.1 Å². The summed E-state index contributed by atoms with van der Waals surface area (Å²) in [4.78, 5) is 0. The Kier molecular flexibility index (Phi) is 4.53. The Morgan fingerprint density at radius 3 is 1.90 bits per heavy atom. The fourth-order valence-electron chi connectivity index (χ4n) is 2.24. The second kappa shape index (κ2) is 6.35. The molecule has 0 bridgehead atoms. The molecule has 2 aromatic carbocycles. The van der Waals surface area contributed by atoms with Gasteiger partial charge in [-0.3, -0.25) is 0 Å². The van der Waals surface area contributed by atoms with Crippen molar-refractivity contribution in [2.75, 3.05) is 7.11 Å². The molecule has 0 heterocycles. The summed E-state index contributed by atoms with van der Waals surface area (Å²) in [5.74, 6) is 1.13. The van der Waals surface area contributed by atoms with Crippen molar-refractivity contribution >= 4 is 12.2 Å². The molecule has 0 atom stereocenters. The number of hydrogen-bond donors (Lipinski definition) is 2. The Hall–Kier alpha value is -2.42. The predicted molar refractivity (Wildman–Crippen MR) is 85.8 cm³/mol. The molecule has 3 nitrogen and oxygen atoms in total. The Morgan fingerprint density at radius 2 is 1.43 bits per heavy atom. The minimum atomic E-state index is 0.0737. The van der Waals surface area contributed by atoms with E-state index in [1.165, 1.54) is 0 Å². The lowest BCUT2D eigenvalue weighted by atomic mass is 9.98. The van der Waals surface area contributed by atoms with Gasteiger partial charge < -0.3 is 14.9 Å². The average Bonchev–Trinajstić information content (AvgIpc) is 2.44. The van der Waals surface area contributed by atoms with Crippen molar-refractivity contribution in [2.24, 2.45) is 0 Å². The SMILES string of the molecule is COc1ccc(/C=C/c2cc(O)c(C(C)C)c(O)c2)cc1. The van der Waals surface area contributed by atoms with Crippen LogP contribution >= 0.6 is 0 Å². The summed E-state index contributed by atoms with van der Waals surface area (Å²) < 4.78 is 5.11. The Labute approximate surface area is 125 Å². The highest BCUT2D eigenvalue weighted by Gasteiger charge is 2.12. The lowest BCUT2D eigenvalue weighted by molar-refractivity contribution is 0.415. The summed E-state index contributed by atoms with van der Waals surface area (Å²) >= 11 is 0. The van der Waals surface area contributed by atoms with Crippen molar-refractivity contribution in [1.29, 1.82) is 0 Å². The molecular formula is C18H20O3. The second-order valence-electron chi connectivity index (χ2n) is 5.23. The zero-order valence-corrected chi connectivity index (χ0v) is 12.5. The van der Waals surface area contributed by atoms with E-state index < -0.39 is 0 Å². The topological polar surface area (TPSA) is 49.7 Å². The normalized spacial score (nSPS) is 11.2. The zero-order chi connectivity index (χ0) is 15.4. The molecule has 0 fully saturated rings. The van der Waals surface area contributed by atoms with Crippen LogP contribution in [0.1, 0.15) is 36.5 Å². The Balaban J connectivity index is 2.24. The molecule has 0 aromatic heterocycles. The third-order valence-electron chi connectivity index (χ3n) is 3.32. The van der Waals surface area contributed by atoms with Gasteiger partial charge in [0, 0.05) is 5.56 Å². The van der Waals surface area contributed by atoms with Crippen molar-refractivity contribution in [2.45, 2.75) is 19.8 Å². The number of ether oxygens (including phenoxy) is 1. The highest BCUT2D eigenvalue weighted by molar-refractivity contribution is 5.72. The van der Waals surface area contributed by atoms with Gasteiger partial charge in [0.25, 0.3) is 0 Å². The van der Waals surface area contributed by atoms with Gasteiger partial charge in [-0.25, -0.2) is 0 Å². The van der Waals surface area contributed by atoms with Crippen LogP contribution < -0.4 is 4.74 Å². The first-order valence-corrected chi connectivity index (χ1v) is 6.89. The molecule has 2 aromatic rings. The number of phenolic OH excluding ortho intramolecular Hbond substituents is 2. The van der Waals surface area contributed by atoms with Crippen LogP contribution in [-0.2, 0) is 0 Å². The third-order valence-corrected chi connectivity index (χ3v) is 3.32. The first-order chi connectivity index (χ1) is 10.0. The van der Waals surface area contributed by atoms with Crippen LogP contribution in [0.2, 0.25) is 0 Å². The molecule has 0 unspecified atom stereocenters. The monoisotopic (exact) mass is 284 g/mol. The summed E-state index contributed by atoms with van der Waals surface area (Å²) in [7, 11) is 1.63. The van der Waals surface area contributed by atoms with Gasteiger partial charge in [-0.15, -0.1) is 0 Å². The van der Waals surface area contributed by atoms with Crippen molar-refractivity contribution in [3.8, 4) is 17.2 Å². The largest absolute Gasteiger partial charge is 0.507 e. The molecule has 0 saturated carbocycles. The van der Waals surface area contributed by atoms with E-state index in [-0.39, 0.29) is 17.4 Å². The van der Waals surface area contributed by atoms with Gasteiger partial charge in [-0.1, -0.05) is 38.1 Å². The molecule has 21 heavy (non-hydrogen) atoms. The van der Waals surface area contributed by atoms with Crippen molar-refractivity contribution in [3.63, 3.8) is 0 Å². The van der Waals surface area contributed by atoms with Gasteiger partial charge in [0.1, 0.15) is 17.2 Å². The highest BCUT2D eigenvalue weighted by Crippen LogP contribution is 2.35. The molecule has 0 spiro atoms. The first kappa shape index (κ1) is 15.0. The molecule has 2 rings (SSSR count). The van der Waals surface area contributed by atoms with Gasteiger partial charge in [-0.2, -0.15) is 0 Å². The number of hydrogen-bond acceptors (Lipinski definition) is 3. The fourth-order valence-corrected chi connectivity index (χ4v) is 2.24. The molecule has 0 amide bonds. The summed E-state index contributed by atoms with van der Waals surface area (Å²) in [5, 5.41) is 20.0. The lowest BCUT2D eigenvalue weighted by Gasteiger charge is -2.11. The van der Waals surface area contributed by atoms with Crippen LogP contribution in [0.3, 0.4) is 0 Å². The van der Waals surface area contributed by atoms with E-state index in [1.807, 2.05) is 50.3 Å². The summed E-state index contributed by atoms with van der Waals surface area (Å²) in [6.45, 7) is 3.86. The minimum absolute atomic E-state index is 0.0737. The first-order valence-electron chi connectivity index (χ1n) is 6.89. The second-order valence-corrected chi connectivity index (χ2v) is 5.23. The van der Waals surface area contributed by atoms with Crippen LogP contribution in [0, 0.1) is 0 Å². The third kappa shape index (κ3) is 3.57. The molecule has 0 radical (unpaired) electrons. The Morgan fingerprint density at radius 1 is 0.905 bits per heavy atom. The van der Waals surface area contributed by atoms with Gasteiger partial charge in [0.2, 0.25) is 0 Å². The van der Waals surface area contributed by atoms with Crippen LogP contribution in [-0.4, -0.2) is 17.3 Å². The molecule has 3 heteroatoms. The van der Waals surface area contributed by atoms with Gasteiger partial charge in [0.15, 0.2) is 0 Å². The van der Waals surface area contributed by atoms with Crippen LogP contribution in [0.4, 0.5) is 0 Å². The van der Waals surface area contributed by atoms with Gasteiger partial charge in [-0.05, 0) is 41.3 Å². The van der Waals surface area contributed by atoms with E-state index in [2.05, 4.69) is 0 Å². The van der Waals surface area contributed by atoms with E-state index in [0.29, 0.717) is 5.56 Å². The number of rotatable bonds is 4. The lowest BCUT2D eigenvalue weighted by Crippen LogP contribution is -1.90. The summed E-state index contributed by atoms with van der Waals surface area (Å²) in [6, 6.07) is 11.0. The molecule has 0 aliphatic carbocycles. The smallest absolute Gasteiger partial charge is 0.123 e. The van der Waals surface area contributed by atoms with Crippen LogP contribution in [0.15, 0.2) is 36.4 Å². The fraction of sp³-hybridized carbons (Fsp3) is 0.222. The van der Waals surface area contributed by atoms with Crippen molar-refractivity contribution < 1.29 is 14.9 Å². The van der Waals surface area contributed by atoms with E-state index in [0.717, 1.165) is 16.9 Å². The number of phenols is 2. The standard InChI is InChI=1S/C18H20O3/c1-12(2)18-16(19)10-14(11-17(18)20)5-4-13-6-8-15(21-3)9-7-13/h4-12,19-20H,1-3H3/b5-4+. The maximum Gasteiger partial charge on any atom is 0.123 e. The quantitative estimate of drug-likeness (QED) is 0.818. The maximum atomic E-state index is 10.00. The van der Waals surface area contributed by atoms with E-state index in [1.54, 1.807) is 19.2 Å². The number of aromatic hydroxyl groups is 2. The maximum absolute atomic E-state index is 10.00. The summed E-state index contributed by atoms with van der Waals surface area (Å²) in [5.41, 5.74) is 2.35. The zero-order valence-electron chi connectivity index (χ0n) is 12.5. The van der Waals surface area contributed by atoms with Gasteiger partial charge >= 0.3 is 0 Å². The van der Waals surface area contributed by atoms with Crippen LogP contribution in [0.5, 0.6) is 17.2 Å². The molecular weight excluding hydrogens is 264 g/mol. The van der Waals surface area contributed by atoms with E-state index >= 15 is 0 Å². The predicted octanol–water partition coefficient (Wildman–Crippen LogP) is 4.40. The van der Waals surface area contributed by atoms with E-state index in [4.69, 9.17) is 4.74 Å².